The second-order valence-corrected chi connectivity index (χ2v) is 2.36. The molecule has 2 N–H and O–H groups in total. The van der Waals surface area contributed by atoms with Crippen molar-refractivity contribution in [2.75, 3.05) is 5.73 Å². The van der Waals surface area contributed by atoms with E-state index in [0.717, 1.165) is 0 Å². The Morgan fingerprint density at radius 2 is 2.38 bits per heavy atom. The molecule has 0 atom stereocenters. The number of furan rings is 1. The smallest absolute Gasteiger partial charge is 0.233 e. The highest BCUT2D eigenvalue weighted by atomic mass is 16.4. The number of anilines is 1. The Hall–Kier alpha value is -2.22. The molecule has 2 heterocycles. The highest BCUT2D eigenvalue weighted by Gasteiger charge is 2.11. The number of aromatic nitrogens is 1. The van der Waals surface area contributed by atoms with Gasteiger partial charge >= 0.3 is 0 Å². The zero-order valence-corrected chi connectivity index (χ0v) is 6.52. The molecule has 0 amide bonds. The number of hydrogen-bond acceptors (Lipinski definition) is 5. The molecule has 0 aromatic carbocycles. The second kappa shape index (κ2) is 2.68. The van der Waals surface area contributed by atoms with Gasteiger partial charge in [0.1, 0.15) is 12.3 Å². The summed E-state index contributed by atoms with van der Waals surface area (Å²) in [6.07, 6.45) is 2.95. The van der Waals surface area contributed by atoms with E-state index in [2.05, 4.69) is 4.98 Å². The fourth-order valence-corrected chi connectivity index (χ4v) is 0.922. The van der Waals surface area contributed by atoms with Crippen molar-refractivity contribution in [2.45, 2.75) is 0 Å². The minimum absolute atomic E-state index is 0.0266. The van der Waals surface area contributed by atoms with Crippen LogP contribution in [-0.2, 0) is 0 Å². The van der Waals surface area contributed by atoms with Crippen LogP contribution in [0.4, 0.5) is 5.88 Å². The van der Waals surface area contributed by atoms with Crippen molar-refractivity contribution < 1.29 is 8.83 Å². The molecule has 2 aromatic heterocycles. The highest BCUT2D eigenvalue weighted by Crippen LogP contribution is 2.22. The second-order valence-electron chi connectivity index (χ2n) is 2.36. The third kappa shape index (κ3) is 1.14. The molecule has 2 aromatic rings. The predicted molar refractivity (Wildman–Crippen MR) is 43.3 cm³/mol. The van der Waals surface area contributed by atoms with Gasteiger partial charge in [0.05, 0.1) is 11.8 Å². The molecule has 5 heteroatoms. The number of nitrogens with zero attached hydrogens (tertiary/aromatic N) is 2. The number of rotatable bonds is 1. The number of nitrogens with two attached hydrogens (primary N) is 1. The maximum atomic E-state index is 8.55. The lowest BCUT2D eigenvalue weighted by atomic mass is 10.3. The summed E-state index contributed by atoms with van der Waals surface area (Å²) in [5.74, 6) is 0.321. The van der Waals surface area contributed by atoms with E-state index >= 15 is 0 Å². The lowest BCUT2D eigenvalue weighted by molar-refractivity contribution is 0.562. The molecule has 0 aliphatic heterocycles. The van der Waals surface area contributed by atoms with E-state index < -0.39 is 0 Å². The topological polar surface area (TPSA) is 89.0 Å². The first-order valence-electron chi connectivity index (χ1n) is 3.50. The lowest BCUT2D eigenvalue weighted by Gasteiger charge is -1.83. The number of oxazole rings is 1. The van der Waals surface area contributed by atoms with Crippen molar-refractivity contribution in [1.29, 1.82) is 5.26 Å². The average Bonchev–Trinajstić information content (AvgIpc) is 2.71. The Labute approximate surface area is 73.4 Å². The van der Waals surface area contributed by atoms with Crippen LogP contribution >= 0.6 is 0 Å². The summed E-state index contributed by atoms with van der Waals surface area (Å²) in [6.45, 7) is 0. The van der Waals surface area contributed by atoms with Gasteiger partial charge in [0.25, 0.3) is 0 Å². The number of hydrogen-bond donors (Lipinski definition) is 1. The van der Waals surface area contributed by atoms with Gasteiger partial charge < -0.3 is 14.6 Å². The summed E-state index contributed by atoms with van der Waals surface area (Å²) in [5, 5.41) is 8.55. The molecule has 0 saturated heterocycles. The van der Waals surface area contributed by atoms with Crippen molar-refractivity contribution in [3.63, 3.8) is 0 Å². The molecule has 2 rings (SSSR count). The summed E-state index contributed by atoms with van der Waals surface area (Å²) >= 11 is 0. The first kappa shape index (κ1) is 7.43. The lowest BCUT2D eigenvalue weighted by Crippen LogP contribution is -1.83. The van der Waals surface area contributed by atoms with E-state index in [9.17, 15) is 0 Å². The van der Waals surface area contributed by atoms with Gasteiger partial charge in [0.15, 0.2) is 0 Å². The first-order chi connectivity index (χ1) is 6.31. The molecule has 0 unspecified atom stereocenters. The molecule has 5 nitrogen and oxygen atoms in total. The van der Waals surface area contributed by atoms with Gasteiger partial charge in [-0.15, -0.1) is 0 Å². The fourth-order valence-electron chi connectivity index (χ4n) is 0.922. The van der Waals surface area contributed by atoms with E-state index in [4.69, 9.17) is 19.8 Å². The van der Waals surface area contributed by atoms with Crippen molar-refractivity contribution in [2.24, 2.45) is 0 Å². The summed E-state index contributed by atoms with van der Waals surface area (Å²) in [7, 11) is 0. The summed E-state index contributed by atoms with van der Waals surface area (Å²) in [4.78, 5) is 3.86. The van der Waals surface area contributed by atoms with E-state index in [1.165, 1.54) is 12.5 Å². The predicted octanol–water partition coefficient (Wildman–Crippen LogP) is 1.39. The van der Waals surface area contributed by atoms with Gasteiger partial charge in [-0.1, -0.05) is 0 Å². The average molecular weight is 175 g/mol. The Morgan fingerprint density at radius 1 is 1.54 bits per heavy atom. The Kier molecular flexibility index (Phi) is 1.53. The monoisotopic (exact) mass is 175 g/mol. The molecular weight excluding hydrogens is 170 g/mol. The third-order valence-corrected chi connectivity index (χ3v) is 1.53. The minimum Gasteiger partial charge on any atom is -0.472 e. The van der Waals surface area contributed by atoms with E-state index in [1.807, 2.05) is 6.07 Å². The number of nitrogen functional groups attached to an aromatic ring is 1. The van der Waals surface area contributed by atoms with Gasteiger partial charge in [0.2, 0.25) is 17.5 Å². The van der Waals surface area contributed by atoms with Crippen molar-refractivity contribution in [3.05, 3.63) is 24.3 Å². The van der Waals surface area contributed by atoms with Crippen molar-refractivity contribution >= 4 is 5.88 Å². The standard InChI is InChI=1S/C8H5N3O2/c9-3-6-7(10)13-8(11-6)5-1-2-12-4-5/h1-2,4H,10H2. The van der Waals surface area contributed by atoms with Gasteiger partial charge in [-0.2, -0.15) is 10.2 Å². The third-order valence-electron chi connectivity index (χ3n) is 1.53. The largest absolute Gasteiger partial charge is 0.472 e. The Bertz CT molecular complexity index is 450. The van der Waals surface area contributed by atoms with Crippen molar-refractivity contribution in [3.8, 4) is 17.5 Å². The quantitative estimate of drug-likeness (QED) is 0.707. The molecule has 0 aliphatic rings. The van der Waals surface area contributed by atoms with E-state index in [1.54, 1.807) is 6.07 Å². The van der Waals surface area contributed by atoms with Crippen LogP contribution in [-0.4, -0.2) is 4.98 Å². The molecule has 0 aliphatic carbocycles. The Morgan fingerprint density at radius 3 is 2.92 bits per heavy atom. The van der Waals surface area contributed by atoms with Crippen LogP contribution in [0, 0.1) is 11.3 Å². The van der Waals surface area contributed by atoms with E-state index in [0.29, 0.717) is 11.5 Å². The van der Waals surface area contributed by atoms with Gasteiger partial charge in [-0.25, -0.2) is 0 Å². The van der Waals surface area contributed by atoms with Gasteiger partial charge in [0, 0.05) is 0 Å². The van der Waals surface area contributed by atoms with Crippen LogP contribution in [0.1, 0.15) is 5.69 Å². The van der Waals surface area contributed by atoms with Crippen LogP contribution in [0.3, 0.4) is 0 Å². The summed E-state index contributed by atoms with van der Waals surface area (Å²) in [5.41, 5.74) is 6.13. The summed E-state index contributed by atoms with van der Waals surface area (Å²) < 4.78 is 9.86. The fraction of sp³-hybridized carbons (Fsp3) is 0. The van der Waals surface area contributed by atoms with Crippen molar-refractivity contribution in [1.82, 2.24) is 4.98 Å². The van der Waals surface area contributed by atoms with Crippen LogP contribution in [0.5, 0.6) is 0 Å². The molecule has 0 bridgehead atoms. The molecule has 13 heavy (non-hydrogen) atoms. The van der Waals surface area contributed by atoms with Crippen LogP contribution < -0.4 is 5.73 Å². The van der Waals surface area contributed by atoms with Crippen LogP contribution in [0.25, 0.3) is 11.5 Å². The number of nitriles is 1. The minimum atomic E-state index is 0.0266. The molecule has 0 spiro atoms. The first-order valence-corrected chi connectivity index (χ1v) is 3.50. The van der Waals surface area contributed by atoms with Crippen LogP contribution in [0.2, 0.25) is 0 Å². The van der Waals surface area contributed by atoms with Gasteiger partial charge in [-0.3, -0.25) is 0 Å². The van der Waals surface area contributed by atoms with Gasteiger partial charge in [-0.05, 0) is 6.07 Å². The zero-order chi connectivity index (χ0) is 9.26. The SMILES string of the molecule is N#Cc1nc(-c2ccoc2)oc1N. The maximum absolute atomic E-state index is 8.55. The molecular formula is C8H5N3O2. The van der Waals surface area contributed by atoms with Crippen LogP contribution in [0.15, 0.2) is 27.4 Å². The van der Waals surface area contributed by atoms with E-state index in [-0.39, 0.29) is 11.6 Å². The maximum Gasteiger partial charge on any atom is 0.233 e. The Balaban J connectivity index is 2.50. The molecule has 0 fully saturated rings. The zero-order valence-electron chi connectivity index (χ0n) is 6.52. The molecule has 0 saturated carbocycles. The highest BCUT2D eigenvalue weighted by molar-refractivity contribution is 5.55. The normalized spacial score (nSPS) is 9.77. The molecule has 64 valence electrons. The summed E-state index contributed by atoms with van der Waals surface area (Å²) in [6, 6.07) is 3.49. The molecule has 0 radical (unpaired) electrons.